The van der Waals surface area contributed by atoms with Gasteiger partial charge >= 0.3 is 0 Å². The van der Waals surface area contributed by atoms with Gasteiger partial charge in [-0.15, -0.1) is 0 Å². The maximum absolute atomic E-state index is 12.6. The minimum Gasteiger partial charge on any atom is -0.497 e. The van der Waals surface area contributed by atoms with Crippen LogP contribution < -0.4 is 14.8 Å². The van der Waals surface area contributed by atoms with Crippen molar-refractivity contribution in [2.45, 2.75) is 13.5 Å². The second kappa shape index (κ2) is 9.01. The normalized spacial score (nSPS) is 10.4. The highest BCUT2D eigenvalue weighted by Crippen LogP contribution is 2.26. The van der Waals surface area contributed by atoms with E-state index in [1.165, 1.54) is 0 Å². The van der Waals surface area contributed by atoms with Crippen LogP contribution in [0.1, 0.15) is 21.7 Å². The average Bonchev–Trinajstić information content (AvgIpc) is 2.69. The summed E-state index contributed by atoms with van der Waals surface area (Å²) in [4.78, 5) is 17.0. The minimum atomic E-state index is -0.226. The summed E-state index contributed by atoms with van der Waals surface area (Å²) in [5.74, 6) is 1.83. The van der Waals surface area contributed by atoms with E-state index in [1.807, 2.05) is 36.4 Å². The van der Waals surface area contributed by atoms with Gasteiger partial charge in [0.15, 0.2) is 0 Å². The molecule has 0 bridgehead atoms. The molecule has 1 amide bonds. The predicted octanol–water partition coefficient (Wildman–Crippen LogP) is 4.59. The zero-order valence-corrected chi connectivity index (χ0v) is 16.1. The van der Waals surface area contributed by atoms with Crippen molar-refractivity contribution in [1.29, 1.82) is 0 Å². The molecule has 2 aromatic carbocycles. The van der Waals surface area contributed by atoms with Crippen molar-refractivity contribution in [1.82, 2.24) is 4.98 Å². The minimum absolute atomic E-state index is 0.226. The van der Waals surface area contributed by atoms with Crippen LogP contribution in [0.4, 0.5) is 5.69 Å². The van der Waals surface area contributed by atoms with E-state index in [0.717, 1.165) is 11.4 Å². The Hall–Kier alpha value is -3.38. The van der Waals surface area contributed by atoms with E-state index in [-0.39, 0.29) is 5.91 Å². The van der Waals surface area contributed by atoms with Crippen molar-refractivity contribution in [3.8, 4) is 17.2 Å². The van der Waals surface area contributed by atoms with Gasteiger partial charge in [0.2, 0.25) is 0 Å². The van der Waals surface area contributed by atoms with Crippen LogP contribution >= 0.6 is 0 Å². The fourth-order valence-corrected chi connectivity index (χ4v) is 2.70. The topological polar surface area (TPSA) is 69.7 Å². The highest BCUT2D eigenvalue weighted by Gasteiger charge is 2.12. The number of methoxy groups -OCH3 is 2. The van der Waals surface area contributed by atoms with Crippen molar-refractivity contribution in [3.63, 3.8) is 0 Å². The number of carbonyl (C=O) groups is 1. The molecule has 0 saturated heterocycles. The Labute approximate surface area is 164 Å². The number of amides is 1. The average molecular weight is 378 g/mol. The number of rotatable bonds is 7. The summed E-state index contributed by atoms with van der Waals surface area (Å²) in [6.07, 6.45) is 0. The van der Waals surface area contributed by atoms with Gasteiger partial charge in [-0.2, -0.15) is 0 Å². The third-order valence-corrected chi connectivity index (χ3v) is 4.07. The molecule has 0 unspecified atom stereocenters. The quantitative estimate of drug-likeness (QED) is 0.651. The molecule has 0 aliphatic heterocycles. The van der Waals surface area contributed by atoms with Gasteiger partial charge in [0.25, 0.3) is 5.91 Å². The lowest BCUT2D eigenvalue weighted by Gasteiger charge is -2.11. The Kier molecular flexibility index (Phi) is 6.24. The van der Waals surface area contributed by atoms with Crippen LogP contribution in [0.15, 0.2) is 60.7 Å². The molecule has 0 spiro atoms. The molecule has 1 heterocycles. The van der Waals surface area contributed by atoms with Gasteiger partial charge in [0.1, 0.15) is 17.2 Å². The zero-order valence-electron chi connectivity index (χ0n) is 16.1. The van der Waals surface area contributed by atoms with Gasteiger partial charge in [-0.25, -0.2) is 0 Å². The van der Waals surface area contributed by atoms with Crippen LogP contribution in [0.2, 0.25) is 0 Å². The molecular weight excluding hydrogens is 356 g/mol. The van der Waals surface area contributed by atoms with Crippen molar-refractivity contribution < 1.29 is 19.0 Å². The summed E-state index contributed by atoms with van der Waals surface area (Å²) in [6, 6.07) is 18.0. The SMILES string of the molecule is COCc1ccc(C(=O)Nc2cccc(Oc3ccc(OC)cc3)c2)c(C)n1. The third kappa shape index (κ3) is 4.86. The fraction of sp³-hybridized carbons (Fsp3) is 0.182. The first-order valence-electron chi connectivity index (χ1n) is 8.78. The Bertz CT molecular complexity index is 955. The number of nitrogens with one attached hydrogen (secondary N) is 1. The monoisotopic (exact) mass is 378 g/mol. The summed E-state index contributed by atoms with van der Waals surface area (Å²) in [6.45, 7) is 2.21. The largest absolute Gasteiger partial charge is 0.497 e. The van der Waals surface area contributed by atoms with E-state index in [4.69, 9.17) is 14.2 Å². The number of hydrogen-bond donors (Lipinski definition) is 1. The van der Waals surface area contributed by atoms with Gasteiger partial charge in [-0.05, 0) is 55.5 Å². The Morgan fingerprint density at radius 3 is 2.39 bits per heavy atom. The number of aromatic nitrogens is 1. The molecule has 0 fully saturated rings. The lowest BCUT2D eigenvalue weighted by Crippen LogP contribution is -2.14. The van der Waals surface area contributed by atoms with Crippen molar-refractivity contribution >= 4 is 11.6 Å². The Balaban J connectivity index is 1.70. The zero-order chi connectivity index (χ0) is 19.9. The standard InChI is InChI=1S/C22H22N2O4/c1-15-21(12-7-17(23-15)14-26-2)22(25)24-16-5-4-6-20(13-16)28-19-10-8-18(27-3)9-11-19/h4-13H,14H2,1-3H3,(H,24,25). The summed E-state index contributed by atoms with van der Waals surface area (Å²) >= 11 is 0. The fourth-order valence-electron chi connectivity index (χ4n) is 2.70. The Morgan fingerprint density at radius 2 is 1.71 bits per heavy atom. The van der Waals surface area contributed by atoms with Crippen molar-refractivity contribution in [3.05, 3.63) is 77.6 Å². The highest BCUT2D eigenvalue weighted by molar-refractivity contribution is 6.05. The first-order valence-corrected chi connectivity index (χ1v) is 8.78. The molecule has 3 rings (SSSR count). The van der Waals surface area contributed by atoms with E-state index in [1.54, 1.807) is 45.4 Å². The van der Waals surface area contributed by atoms with Gasteiger partial charge in [-0.3, -0.25) is 9.78 Å². The van der Waals surface area contributed by atoms with Crippen molar-refractivity contribution in [2.75, 3.05) is 19.5 Å². The maximum atomic E-state index is 12.6. The number of anilines is 1. The van der Waals surface area contributed by atoms with E-state index in [0.29, 0.717) is 35.1 Å². The molecule has 0 atom stereocenters. The molecule has 6 heteroatoms. The summed E-state index contributed by atoms with van der Waals surface area (Å²) < 4.78 is 16.0. The van der Waals surface area contributed by atoms with Crippen LogP contribution in [0.3, 0.4) is 0 Å². The van der Waals surface area contributed by atoms with Crippen LogP contribution in [-0.4, -0.2) is 25.1 Å². The van der Waals surface area contributed by atoms with E-state index in [2.05, 4.69) is 10.3 Å². The molecule has 6 nitrogen and oxygen atoms in total. The number of ether oxygens (including phenoxy) is 3. The van der Waals surface area contributed by atoms with Gasteiger partial charge in [0.05, 0.1) is 30.7 Å². The second-order valence-electron chi connectivity index (χ2n) is 6.13. The van der Waals surface area contributed by atoms with Crippen LogP contribution in [0.5, 0.6) is 17.2 Å². The van der Waals surface area contributed by atoms with Crippen LogP contribution in [0, 0.1) is 6.92 Å². The number of benzene rings is 2. The first-order chi connectivity index (χ1) is 13.6. The molecule has 0 aliphatic rings. The lowest BCUT2D eigenvalue weighted by molar-refractivity contribution is 0.102. The van der Waals surface area contributed by atoms with E-state index >= 15 is 0 Å². The molecule has 0 aliphatic carbocycles. The van der Waals surface area contributed by atoms with E-state index in [9.17, 15) is 4.79 Å². The number of carbonyl (C=O) groups excluding carboxylic acids is 1. The molecule has 144 valence electrons. The molecule has 1 aromatic heterocycles. The van der Waals surface area contributed by atoms with Gasteiger partial charge in [-0.1, -0.05) is 6.07 Å². The first kappa shape index (κ1) is 19.4. The Morgan fingerprint density at radius 1 is 0.964 bits per heavy atom. The highest BCUT2D eigenvalue weighted by atomic mass is 16.5. The van der Waals surface area contributed by atoms with Crippen molar-refractivity contribution in [2.24, 2.45) is 0 Å². The maximum Gasteiger partial charge on any atom is 0.257 e. The molecule has 0 radical (unpaired) electrons. The number of hydrogen-bond acceptors (Lipinski definition) is 5. The molecule has 0 saturated carbocycles. The molecule has 1 N–H and O–H groups in total. The third-order valence-electron chi connectivity index (χ3n) is 4.07. The van der Waals surface area contributed by atoms with Crippen LogP contribution in [-0.2, 0) is 11.3 Å². The van der Waals surface area contributed by atoms with Crippen LogP contribution in [0.25, 0.3) is 0 Å². The number of nitrogens with zero attached hydrogens (tertiary/aromatic N) is 1. The van der Waals surface area contributed by atoms with Gasteiger partial charge in [0, 0.05) is 18.9 Å². The summed E-state index contributed by atoms with van der Waals surface area (Å²) in [5.41, 5.74) is 2.59. The lowest BCUT2D eigenvalue weighted by atomic mass is 10.1. The van der Waals surface area contributed by atoms with E-state index < -0.39 is 0 Å². The number of pyridine rings is 1. The smallest absolute Gasteiger partial charge is 0.257 e. The van der Waals surface area contributed by atoms with Gasteiger partial charge < -0.3 is 19.5 Å². The summed E-state index contributed by atoms with van der Waals surface area (Å²) in [7, 11) is 3.23. The molecular formula is C22H22N2O4. The summed E-state index contributed by atoms with van der Waals surface area (Å²) in [5, 5.41) is 2.88. The second-order valence-corrected chi connectivity index (χ2v) is 6.13. The molecule has 3 aromatic rings. The number of aryl methyl sites for hydroxylation is 1. The predicted molar refractivity (Wildman–Crippen MR) is 107 cm³/mol. The molecule has 28 heavy (non-hydrogen) atoms.